The molecule has 0 aromatic rings. The summed E-state index contributed by atoms with van der Waals surface area (Å²) in [5.74, 6) is 0. The zero-order valence-corrected chi connectivity index (χ0v) is 7.95. The number of aliphatic hydroxyl groups excluding tert-OH is 1. The Balaban J connectivity index is 3.44. The van der Waals surface area contributed by atoms with Crippen LogP contribution in [0.4, 0.5) is 0 Å². The minimum absolute atomic E-state index is 0.340. The fourth-order valence-corrected chi connectivity index (χ4v) is 0.775. The summed E-state index contributed by atoms with van der Waals surface area (Å²) in [6, 6.07) is 0. The summed E-state index contributed by atoms with van der Waals surface area (Å²) < 4.78 is 14.8. The minimum Gasteiger partial charge on any atom is -0.368 e. The lowest BCUT2D eigenvalue weighted by atomic mass is 10.4. The maximum absolute atomic E-state index is 9.23. The van der Waals surface area contributed by atoms with Crippen LogP contribution < -0.4 is 0 Å². The predicted molar refractivity (Wildman–Crippen MR) is 44.7 cm³/mol. The molecule has 0 bridgehead atoms. The fourth-order valence-electron chi connectivity index (χ4n) is 0.775. The quantitative estimate of drug-likeness (QED) is 0.584. The first-order valence-electron chi connectivity index (χ1n) is 4.09. The normalized spacial score (nSPS) is 13.8. The first-order valence-corrected chi connectivity index (χ1v) is 4.09. The molecule has 0 amide bonds. The molecule has 0 aromatic heterocycles. The van der Waals surface area contributed by atoms with Crippen LogP contribution in [0.15, 0.2) is 0 Å². The highest BCUT2D eigenvalue weighted by atomic mass is 16.7. The first-order chi connectivity index (χ1) is 5.74. The van der Waals surface area contributed by atoms with Gasteiger partial charge in [0.1, 0.15) is 0 Å². The Bertz CT molecular complexity index is 93.1. The van der Waals surface area contributed by atoms with Gasteiger partial charge in [-0.15, -0.1) is 0 Å². The summed E-state index contributed by atoms with van der Waals surface area (Å²) in [4.78, 5) is 0. The summed E-state index contributed by atoms with van der Waals surface area (Å²) in [5.41, 5.74) is 0. The summed E-state index contributed by atoms with van der Waals surface area (Å²) in [6.45, 7) is 2.54. The van der Waals surface area contributed by atoms with E-state index in [0.29, 0.717) is 13.0 Å². The number of aliphatic hydroxyl groups is 1. The Morgan fingerprint density at radius 3 is 2.25 bits per heavy atom. The van der Waals surface area contributed by atoms with Crippen molar-refractivity contribution in [2.45, 2.75) is 32.3 Å². The van der Waals surface area contributed by atoms with E-state index in [1.807, 2.05) is 6.92 Å². The molecule has 0 aliphatic rings. The van der Waals surface area contributed by atoms with E-state index in [1.165, 1.54) is 14.2 Å². The molecule has 0 spiro atoms. The average Bonchev–Trinajstić information content (AvgIpc) is 2.10. The number of methoxy groups -OCH3 is 2. The van der Waals surface area contributed by atoms with Crippen LogP contribution in [0.1, 0.15) is 19.8 Å². The van der Waals surface area contributed by atoms with Crippen LogP contribution in [0.2, 0.25) is 0 Å². The van der Waals surface area contributed by atoms with Gasteiger partial charge in [-0.25, -0.2) is 0 Å². The van der Waals surface area contributed by atoms with Crippen molar-refractivity contribution >= 4 is 0 Å². The molecule has 1 atom stereocenters. The van der Waals surface area contributed by atoms with Crippen molar-refractivity contribution in [3.63, 3.8) is 0 Å². The fraction of sp³-hybridized carbons (Fsp3) is 1.00. The molecule has 0 saturated heterocycles. The molecule has 0 aliphatic carbocycles. The van der Waals surface area contributed by atoms with Crippen LogP contribution in [0.25, 0.3) is 0 Å². The van der Waals surface area contributed by atoms with E-state index in [0.717, 1.165) is 6.42 Å². The lowest BCUT2D eigenvalue weighted by molar-refractivity contribution is -0.177. The van der Waals surface area contributed by atoms with Crippen molar-refractivity contribution in [1.82, 2.24) is 0 Å². The molecule has 0 saturated carbocycles. The molecular formula is C8H18O4. The highest BCUT2D eigenvalue weighted by Gasteiger charge is 2.12. The maximum atomic E-state index is 9.23. The first kappa shape index (κ1) is 11.8. The molecule has 1 unspecified atom stereocenters. The van der Waals surface area contributed by atoms with E-state index in [-0.39, 0.29) is 0 Å². The van der Waals surface area contributed by atoms with Gasteiger partial charge in [-0.2, -0.15) is 0 Å². The van der Waals surface area contributed by atoms with Gasteiger partial charge in [-0.1, -0.05) is 6.92 Å². The van der Waals surface area contributed by atoms with Crippen molar-refractivity contribution < 1.29 is 19.3 Å². The Morgan fingerprint density at radius 2 is 1.83 bits per heavy atom. The van der Waals surface area contributed by atoms with Gasteiger partial charge in [0.15, 0.2) is 12.6 Å². The summed E-state index contributed by atoms with van der Waals surface area (Å²) in [6.07, 6.45) is 0.0426. The van der Waals surface area contributed by atoms with E-state index in [2.05, 4.69) is 0 Å². The van der Waals surface area contributed by atoms with Crippen LogP contribution in [-0.4, -0.2) is 38.5 Å². The molecule has 74 valence electrons. The smallest absolute Gasteiger partial charge is 0.161 e. The molecule has 0 aliphatic heterocycles. The van der Waals surface area contributed by atoms with Gasteiger partial charge in [0, 0.05) is 27.2 Å². The molecule has 1 N–H and O–H groups in total. The molecule has 0 radical (unpaired) electrons. The van der Waals surface area contributed by atoms with Crippen LogP contribution in [0.5, 0.6) is 0 Å². The van der Waals surface area contributed by atoms with Gasteiger partial charge in [0.2, 0.25) is 0 Å². The van der Waals surface area contributed by atoms with Crippen molar-refractivity contribution in [3.05, 3.63) is 0 Å². The lowest BCUT2D eigenvalue weighted by Gasteiger charge is -2.17. The summed E-state index contributed by atoms with van der Waals surface area (Å²) in [7, 11) is 3.06. The van der Waals surface area contributed by atoms with Crippen LogP contribution in [-0.2, 0) is 14.2 Å². The summed E-state index contributed by atoms with van der Waals surface area (Å²) >= 11 is 0. The predicted octanol–water partition coefficient (Wildman–Crippen LogP) is 0.740. The Morgan fingerprint density at radius 1 is 1.25 bits per heavy atom. The van der Waals surface area contributed by atoms with E-state index < -0.39 is 12.6 Å². The molecular weight excluding hydrogens is 160 g/mol. The van der Waals surface area contributed by atoms with Gasteiger partial charge < -0.3 is 19.3 Å². The van der Waals surface area contributed by atoms with Crippen LogP contribution in [0.3, 0.4) is 0 Å². The lowest BCUT2D eigenvalue weighted by Crippen LogP contribution is -2.23. The maximum Gasteiger partial charge on any atom is 0.161 e. The number of hydrogen-bond acceptors (Lipinski definition) is 4. The van der Waals surface area contributed by atoms with Gasteiger partial charge in [0.25, 0.3) is 0 Å². The number of rotatable bonds is 7. The minimum atomic E-state index is -0.796. The zero-order valence-electron chi connectivity index (χ0n) is 7.95. The Hall–Kier alpha value is -0.160. The highest BCUT2D eigenvalue weighted by Crippen LogP contribution is 2.04. The number of ether oxygens (including phenoxy) is 3. The van der Waals surface area contributed by atoms with Gasteiger partial charge >= 0.3 is 0 Å². The third-order valence-electron chi connectivity index (χ3n) is 1.43. The standard InChI is InChI=1S/C8H18O4/c1-4-5-12-7(9)6-8(10-2)11-3/h7-9H,4-6H2,1-3H3. The van der Waals surface area contributed by atoms with Crippen molar-refractivity contribution in [2.75, 3.05) is 20.8 Å². The Kier molecular flexibility index (Phi) is 7.39. The van der Waals surface area contributed by atoms with Gasteiger partial charge in [0.05, 0.1) is 0 Å². The highest BCUT2D eigenvalue weighted by molar-refractivity contribution is 4.46. The SMILES string of the molecule is CCCOC(O)CC(OC)OC. The molecule has 4 nitrogen and oxygen atoms in total. The zero-order chi connectivity index (χ0) is 9.40. The monoisotopic (exact) mass is 178 g/mol. The molecule has 12 heavy (non-hydrogen) atoms. The molecule has 0 rings (SSSR count). The van der Waals surface area contributed by atoms with Crippen molar-refractivity contribution in [3.8, 4) is 0 Å². The molecule has 0 aromatic carbocycles. The molecule has 0 fully saturated rings. The van der Waals surface area contributed by atoms with Crippen molar-refractivity contribution in [2.24, 2.45) is 0 Å². The average molecular weight is 178 g/mol. The van der Waals surface area contributed by atoms with Crippen molar-refractivity contribution in [1.29, 1.82) is 0 Å². The Labute approximate surface area is 73.4 Å². The van der Waals surface area contributed by atoms with Gasteiger partial charge in [-0.05, 0) is 6.42 Å². The van der Waals surface area contributed by atoms with Crippen LogP contribution >= 0.6 is 0 Å². The third-order valence-corrected chi connectivity index (χ3v) is 1.43. The second-order valence-electron chi connectivity index (χ2n) is 2.46. The van der Waals surface area contributed by atoms with E-state index >= 15 is 0 Å². The topological polar surface area (TPSA) is 47.9 Å². The second-order valence-corrected chi connectivity index (χ2v) is 2.46. The third kappa shape index (κ3) is 5.49. The number of hydrogen-bond donors (Lipinski definition) is 1. The van der Waals surface area contributed by atoms with Gasteiger partial charge in [-0.3, -0.25) is 0 Å². The largest absolute Gasteiger partial charge is 0.368 e. The molecule has 4 heteroatoms. The van der Waals surface area contributed by atoms with E-state index in [9.17, 15) is 5.11 Å². The second kappa shape index (κ2) is 7.49. The van der Waals surface area contributed by atoms with Crippen LogP contribution in [0, 0.1) is 0 Å². The van der Waals surface area contributed by atoms with E-state index in [1.54, 1.807) is 0 Å². The van der Waals surface area contributed by atoms with E-state index in [4.69, 9.17) is 14.2 Å². The summed E-state index contributed by atoms with van der Waals surface area (Å²) in [5, 5.41) is 9.23. The molecule has 0 heterocycles.